The lowest BCUT2D eigenvalue weighted by atomic mass is 10.2. The van der Waals surface area contributed by atoms with E-state index in [4.69, 9.17) is 11.6 Å². The highest BCUT2D eigenvalue weighted by molar-refractivity contribution is 7.92. The van der Waals surface area contributed by atoms with Crippen molar-refractivity contribution in [1.82, 2.24) is 9.88 Å². The van der Waals surface area contributed by atoms with Crippen molar-refractivity contribution in [3.8, 4) is 0 Å². The first kappa shape index (κ1) is 24.3. The number of anilines is 1. The Kier molecular flexibility index (Phi) is 7.13. The molecular formula is C21H17ClF3N3O4S. The van der Waals surface area contributed by atoms with Crippen molar-refractivity contribution in [3.63, 3.8) is 0 Å². The van der Waals surface area contributed by atoms with E-state index >= 15 is 0 Å². The molecule has 0 aliphatic heterocycles. The maximum absolute atomic E-state index is 12.7. The molecule has 7 nitrogen and oxygen atoms in total. The van der Waals surface area contributed by atoms with E-state index in [0.29, 0.717) is 10.6 Å². The fraction of sp³-hybridized carbons (Fsp3) is 0.143. The smallest absolute Gasteiger partial charge is 0.343 e. The number of hydrogen-bond donors (Lipinski definition) is 2. The van der Waals surface area contributed by atoms with Gasteiger partial charge in [0.1, 0.15) is 6.54 Å². The Balaban J connectivity index is 1.76. The van der Waals surface area contributed by atoms with Crippen LogP contribution >= 0.6 is 11.6 Å². The van der Waals surface area contributed by atoms with Gasteiger partial charge in [-0.1, -0.05) is 29.8 Å². The quantitative estimate of drug-likeness (QED) is 0.518. The first-order chi connectivity index (χ1) is 15.4. The molecule has 2 aromatic carbocycles. The molecule has 3 rings (SSSR count). The third-order valence-corrected chi connectivity index (χ3v) is 6.18. The normalized spacial score (nSPS) is 11.8. The van der Waals surface area contributed by atoms with Gasteiger partial charge in [-0.05, 0) is 42.0 Å². The standard InChI is InChI=1S/C21H17ClF3N3O4S/c22-18-4-2-1-3-15(18)11-28-12-16(7-10-19(28)29)27-33(31,32)17-8-5-14(6-9-17)20(30)26-13-21(23,24)25/h1-10,12,27H,11,13H2,(H,26,30). The molecule has 12 heteroatoms. The molecule has 0 saturated heterocycles. The molecule has 0 bridgehead atoms. The van der Waals surface area contributed by atoms with E-state index in [1.54, 1.807) is 29.6 Å². The zero-order valence-corrected chi connectivity index (χ0v) is 18.3. The van der Waals surface area contributed by atoms with E-state index in [9.17, 15) is 31.2 Å². The van der Waals surface area contributed by atoms with Crippen LogP contribution in [0.3, 0.4) is 0 Å². The monoisotopic (exact) mass is 499 g/mol. The van der Waals surface area contributed by atoms with Crippen LogP contribution in [0.25, 0.3) is 0 Å². The summed E-state index contributed by atoms with van der Waals surface area (Å²) in [6.45, 7) is -1.38. The second kappa shape index (κ2) is 9.67. The molecule has 2 N–H and O–H groups in total. The van der Waals surface area contributed by atoms with Crippen LogP contribution in [0.15, 0.2) is 76.6 Å². The molecule has 0 spiro atoms. The molecule has 1 aromatic heterocycles. The summed E-state index contributed by atoms with van der Waals surface area (Å²) in [7, 11) is -4.11. The van der Waals surface area contributed by atoms with Gasteiger partial charge in [0.05, 0.1) is 17.1 Å². The van der Waals surface area contributed by atoms with Crippen molar-refractivity contribution in [2.24, 2.45) is 0 Å². The number of amides is 1. The van der Waals surface area contributed by atoms with Crippen LogP contribution in [0.5, 0.6) is 0 Å². The first-order valence-electron chi connectivity index (χ1n) is 9.36. The van der Waals surface area contributed by atoms with Crippen LogP contribution in [-0.4, -0.2) is 31.6 Å². The van der Waals surface area contributed by atoms with Gasteiger partial charge in [-0.15, -0.1) is 0 Å². The minimum absolute atomic E-state index is 0.105. The number of nitrogens with one attached hydrogen (secondary N) is 2. The average molecular weight is 500 g/mol. The maximum Gasteiger partial charge on any atom is 0.405 e. The van der Waals surface area contributed by atoms with Gasteiger partial charge in [-0.2, -0.15) is 13.2 Å². The van der Waals surface area contributed by atoms with E-state index < -0.39 is 28.7 Å². The first-order valence-corrected chi connectivity index (χ1v) is 11.2. The topological polar surface area (TPSA) is 97.3 Å². The van der Waals surface area contributed by atoms with Crippen molar-refractivity contribution in [1.29, 1.82) is 0 Å². The Morgan fingerprint density at radius 1 is 1.00 bits per heavy atom. The summed E-state index contributed by atoms with van der Waals surface area (Å²) in [5.41, 5.74) is 0.271. The molecule has 0 aliphatic rings. The molecule has 0 radical (unpaired) electrons. The van der Waals surface area contributed by atoms with Gasteiger partial charge in [0.15, 0.2) is 0 Å². The molecule has 1 heterocycles. The highest BCUT2D eigenvalue weighted by Crippen LogP contribution is 2.19. The number of alkyl halides is 3. The Morgan fingerprint density at radius 3 is 2.30 bits per heavy atom. The summed E-state index contributed by atoms with van der Waals surface area (Å²) in [5.74, 6) is -0.990. The minimum atomic E-state index is -4.56. The molecule has 174 valence electrons. The highest BCUT2D eigenvalue weighted by atomic mass is 35.5. The van der Waals surface area contributed by atoms with E-state index in [1.807, 2.05) is 0 Å². The third kappa shape index (κ3) is 6.59. The van der Waals surface area contributed by atoms with E-state index in [-0.39, 0.29) is 28.3 Å². The van der Waals surface area contributed by atoms with Gasteiger partial charge in [-0.3, -0.25) is 14.3 Å². The predicted octanol–water partition coefficient (Wildman–Crippen LogP) is 3.64. The number of hydrogen-bond acceptors (Lipinski definition) is 4. The number of aromatic nitrogens is 1. The van der Waals surface area contributed by atoms with E-state index in [0.717, 1.165) is 24.3 Å². The fourth-order valence-electron chi connectivity index (χ4n) is 2.81. The van der Waals surface area contributed by atoms with Gasteiger partial charge in [-0.25, -0.2) is 8.42 Å². The Morgan fingerprint density at radius 2 is 1.67 bits per heavy atom. The van der Waals surface area contributed by atoms with E-state index in [2.05, 4.69) is 4.72 Å². The number of halogens is 4. The van der Waals surface area contributed by atoms with Gasteiger partial charge in [0, 0.05) is 22.8 Å². The molecule has 0 fully saturated rings. The fourth-order valence-corrected chi connectivity index (χ4v) is 4.05. The number of benzene rings is 2. The van der Waals surface area contributed by atoms with Crippen molar-refractivity contribution in [2.75, 3.05) is 11.3 Å². The summed E-state index contributed by atoms with van der Waals surface area (Å²) in [6.07, 6.45) is -3.24. The second-order valence-electron chi connectivity index (χ2n) is 6.90. The summed E-state index contributed by atoms with van der Waals surface area (Å²) < 4.78 is 65.6. The highest BCUT2D eigenvalue weighted by Gasteiger charge is 2.28. The third-order valence-electron chi connectivity index (χ3n) is 4.41. The Hall–Kier alpha value is -3.31. The largest absolute Gasteiger partial charge is 0.405 e. The van der Waals surface area contributed by atoms with Crippen LogP contribution in [-0.2, 0) is 16.6 Å². The lowest BCUT2D eigenvalue weighted by molar-refractivity contribution is -0.123. The zero-order valence-electron chi connectivity index (χ0n) is 16.8. The SMILES string of the molecule is O=C(NCC(F)(F)F)c1ccc(S(=O)(=O)Nc2ccc(=O)n(Cc3ccccc3Cl)c2)cc1. The van der Waals surface area contributed by atoms with Gasteiger partial charge < -0.3 is 9.88 Å². The number of rotatable bonds is 7. The molecule has 1 amide bonds. The van der Waals surface area contributed by atoms with Crippen molar-refractivity contribution in [2.45, 2.75) is 17.6 Å². The van der Waals surface area contributed by atoms with Crippen LogP contribution in [0.2, 0.25) is 5.02 Å². The van der Waals surface area contributed by atoms with Crippen molar-refractivity contribution >= 4 is 33.2 Å². The predicted molar refractivity (Wildman–Crippen MR) is 117 cm³/mol. The maximum atomic E-state index is 12.7. The molecule has 0 aliphatic carbocycles. The van der Waals surface area contributed by atoms with Gasteiger partial charge in [0.25, 0.3) is 21.5 Å². The lowest BCUT2D eigenvalue weighted by Crippen LogP contribution is -2.33. The van der Waals surface area contributed by atoms with Crippen molar-refractivity contribution in [3.05, 3.63) is 93.4 Å². The van der Waals surface area contributed by atoms with Crippen LogP contribution in [0, 0.1) is 0 Å². The number of nitrogens with zero attached hydrogens (tertiary/aromatic N) is 1. The molecule has 33 heavy (non-hydrogen) atoms. The summed E-state index contributed by atoms with van der Waals surface area (Å²) in [4.78, 5) is 23.7. The van der Waals surface area contributed by atoms with Crippen molar-refractivity contribution < 1.29 is 26.4 Å². The number of sulfonamides is 1. The number of carbonyl (C=O) groups is 1. The zero-order chi connectivity index (χ0) is 24.2. The number of carbonyl (C=O) groups excluding carboxylic acids is 1. The molecule has 0 saturated carbocycles. The minimum Gasteiger partial charge on any atom is -0.343 e. The molecular weight excluding hydrogens is 483 g/mol. The van der Waals surface area contributed by atoms with Crippen LogP contribution < -0.4 is 15.6 Å². The lowest BCUT2D eigenvalue weighted by Gasteiger charge is -2.12. The Labute approximate surface area is 191 Å². The van der Waals surface area contributed by atoms with Gasteiger partial charge in [0.2, 0.25) is 0 Å². The molecule has 3 aromatic rings. The Bertz CT molecular complexity index is 1320. The summed E-state index contributed by atoms with van der Waals surface area (Å²) >= 11 is 6.12. The van der Waals surface area contributed by atoms with Crippen LogP contribution in [0.4, 0.5) is 18.9 Å². The van der Waals surface area contributed by atoms with Crippen LogP contribution in [0.1, 0.15) is 15.9 Å². The summed E-state index contributed by atoms with van der Waals surface area (Å²) in [5, 5.41) is 2.15. The molecule has 0 atom stereocenters. The molecule has 0 unspecified atom stereocenters. The number of pyridine rings is 1. The van der Waals surface area contributed by atoms with Gasteiger partial charge >= 0.3 is 6.18 Å². The summed E-state index contributed by atoms with van der Waals surface area (Å²) in [6, 6.07) is 13.8. The average Bonchev–Trinajstić information content (AvgIpc) is 2.75. The van der Waals surface area contributed by atoms with E-state index in [1.165, 1.54) is 22.9 Å². The second-order valence-corrected chi connectivity index (χ2v) is 8.99.